The second kappa shape index (κ2) is 3.02. The largest absolute Gasteiger partial charge is 0.288 e. The van der Waals surface area contributed by atoms with Gasteiger partial charge in [-0.05, 0) is 25.8 Å². The highest BCUT2D eigenvalue weighted by Crippen LogP contribution is 2.07. The fourth-order valence-electron chi connectivity index (χ4n) is 0.986. The van der Waals surface area contributed by atoms with Crippen LogP contribution in [0.25, 0.3) is 0 Å². The van der Waals surface area contributed by atoms with Gasteiger partial charge in [0.25, 0.3) is 0 Å². The molecule has 1 unspecified atom stereocenters. The van der Waals surface area contributed by atoms with Crippen molar-refractivity contribution >= 4 is 0 Å². The summed E-state index contributed by atoms with van der Waals surface area (Å²) < 4.78 is 12.3. The van der Waals surface area contributed by atoms with E-state index in [1.807, 2.05) is 0 Å². The molecule has 0 aromatic carbocycles. The second-order valence-corrected chi connectivity index (χ2v) is 2.27. The maximum Gasteiger partial charge on any atom is 0.151 e. The van der Waals surface area contributed by atoms with E-state index in [0.717, 1.165) is 19.4 Å². The van der Waals surface area contributed by atoms with Gasteiger partial charge in [0, 0.05) is 0 Å². The Kier molecular flexibility index (Phi) is 2.27. The fraction of sp³-hybridized carbons (Fsp3) is 1.00. The van der Waals surface area contributed by atoms with Crippen molar-refractivity contribution in [1.29, 1.82) is 0 Å². The van der Waals surface area contributed by atoms with Gasteiger partial charge in [-0.2, -0.15) is 0 Å². The highest BCUT2D eigenvalue weighted by molar-refractivity contribution is 4.59. The Bertz CT molecular complexity index is 57.5. The molecule has 0 aliphatic carbocycles. The smallest absolute Gasteiger partial charge is 0.151 e. The van der Waals surface area contributed by atoms with Gasteiger partial charge < -0.3 is 0 Å². The molecule has 1 N–H and O–H groups in total. The molecule has 1 heterocycles. The Morgan fingerprint density at radius 3 is 3.00 bits per heavy atom. The number of hydrogen-bond donors (Lipinski definition) is 1. The summed E-state index contributed by atoms with van der Waals surface area (Å²) in [5, 5.41) is 2.78. The topological polar surface area (TPSA) is 12.0 Å². The van der Waals surface area contributed by atoms with Gasteiger partial charge in [0.05, 0.1) is 0 Å². The van der Waals surface area contributed by atoms with Crippen LogP contribution in [0.5, 0.6) is 0 Å². The minimum absolute atomic E-state index is 0.708. The lowest BCUT2D eigenvalue weighted by molar-refractivity contribution is 0.268. The minimum atomic E-state index is -0.725. The standard InChI is InChI=1S/C6H12FN/c7-6-4-2-1-3-5-8-6/h6,8H,1-5H2. The maximum absolute atomic E-state index is 12.3. The molecule has 8 heavy (non-hydrogen) atoms. The van der Waals surface area contributed by atoms with E-state index in [-0.39, 0.29) is 0 Å². The highest BCUT2D eigenvalue weighted by Gasteiger charge is 2.07. The lowest BCUT2D eigenvalue weighted by atomic mass is 10.2. The Morgan fingerprint density at radius 1 is 1.25 bits per heavy atom. The van der Waals surface area contributed by atoms with Crippen molar-refractivity contribution in [2.75, 3.05) is 6.54 Å². The van der Waals surface area contributed by atoms with Gasteiger partial charge in [-0.15, -0.1) is 0 Å². The van der Waals surface area contributed by atoms with E-state index >= 15 is 0 Å². The van der Waals surface area contributed by atoms with Gasteiger partial charge in [0.15, 0.2) is 6.30 Å². The molecule has 1 aliphatic rings. The predicted molar refractivity (Wildman–Crippen MR) is 31.4 cm³/mol. The van der Waals surface area contributed by atoms with E-state index in [4.69, 9.17) is 0 Å². The lowest BCUT2D eigenvalue weighted by Gasteiger charge is -2.02. The van der Waals surface area contributed by atoms with Crippen LogP contribution in [0.4, 0.5) is 4.39 Å². The molecule has 1 atom stereocenters. The van der Waals surface area contributed by atoms with Gasteiger partial charge in [-0.1, -0.05) is 6.42 Å². The van der Waals surface area contributed by atoms with Crippen LogP contribution in [0, 0.1) is 0 Å². The molecule has 0 saturated carbocycles. The summed E-state index contributed by atoms with van der Waals surface area (Å²) in [6, 6.07) is 0. The molecule has 1 aliphatic heterocycles. The van der Waals surface area contributed by atoms with Crippen molar-refractivity contribution in [3.63, 3.8) is 0 Å². The first-order valence-electron chi connectivity index (χ1n) is 3.27. The SMILES string of the molecule is FC1CCCCCN1. The molecule has 1 nitrogen and oxygen atoms in total. The van der Waals surface area contributed by atoms with Crippen LogP contribution >= 0.6 is 0 Å². The Labute approximate surface area is 49.3 Å². The van der Waals surface area contributed by atoms with Crippen molar-refractivity contribution in [1.82, 2.24) is 5.32 Å². The Hall–Kier alpha value is -0.110. The average molecular weight is 117 g/mol. The zero-order valence-corrected chi connectivity index (χ0v) is 4.99. The van der Waals surface area contributed by atoms with Gasteiger partial charge in [0.2, 0.25) is 0 Å². The van der Waals surface area contributed by atoms with E-state index in [0.29, 0.717) is 6.42 Å². The number of alkyl halides is 1. The normalized spacial score (nSPS) is 31.9. The summed E-state index contributed by atoms with van der Waals surface area (Å²) in [4.78, 5) is 0. The average Bonchev–Trinajstić information content (AvgIpc) is 1.94. The van der Waals surface area contributed by atoms with Crippen LogP contribution in [0.2, 0.25) is 0 Å². The highest BCUT2D eigenvalue weighted by atomic mass is 19.1. The number of hydrogen-bond acceptors (Lipinski definition) is 1. The molecule has 0 radical (unpaired) electrons. The van der Waals surface area contributed by atoms with E-state index in [1.54, 1.807) is 0 Å². The van der Waals surface area contributed by atoms with Crippen LogP contribution in [0.1, 0.15) is 25.7 Å². The maximum atomic E-state index is 12.3. The molecule has 1 rings (SSSR count). The van der Waals surface area contributed by atoms with Crippen molar-refractivity contribution < 1.29 is 4.39 Å². The molecule has 0 bridgehead atoms. The Balaban J connectivity index is 2.17. The van der Waals surface area contributed by atoms with Gasteiger partial charge in [-0.3, -0.25) is 5.32 Å². The molecule has 1 saturated heterocycles. The zero-order valence-electron chi connectivity index (χ0n) is 4.99. The van der Waals surface area contributed by atoms with Crippen LogP contribution in [-0.2, 0) is 0 Å². The van der Waals surface area contributed by atoms with Crippen LogP contribution < -0.4 is 5.32 Å². The monoisotopic (exact) mass is 117 g/mol. The number of nitrogens with one attached hydrogen (secondary N) is 1. The molecular formula is C6H12FN. The van der Waals surface area contributed by atoms with E-state index < -0.39 is 6.30 Å². The van der Waals surface area contributed by atoms with Crippen LogP contribution in [-0.4, -0.2) is 12.8 Å². The van der Waals surface area contributed by atoms with Crippen molar-refractivity contribution in [2.24, 2.45) is 0 Å². The first kappa shape index (κ1) is 6.02. The lowest BCUT2D eigenvalue weighted by Crippen LogP contribution is -2.22. The second-order valence-electron chi connectivity index (χ2n) is 2.27. The van der Waals surface area contributed by atoms with Gasteiger partial charge in [-0.25, -0.2) is 4.39 Å². The molecule has 0 aromatic rings. The van der Waals surface area contributed by atoms with Crippen LogP contribution in [0.3, 0.4) is 0 Å². The number of rotatable bonds is 0. The number of halogens is 1. The third kappa shape index (κ3) is 1.78. The molecule has 1 fully saturated rings. The minimum Gasteiger partial charge on any atom is -0.288 e. The summed E-state index contributed by atoms with van der Waals surface area (Å²) in [5.74, 6) is 0. The third-order valence-electron chi connectivity index (χ3n) is 1.50. The summed E-state index contributed by atoms with van der Waals surface area (Å²) >= 11 is 0. The first-order chi connectivity index (χ1) is 3.89. The fourth-order valence-corrected chi connectivity index (χ4v) is 0.986. The van der Waals surface area contributed by atoms with E-state index in [2.05, 4.69) is 5.32 Å². The van der Waals surface area contributed by atoms with E-state index in [1.165, 1.54) is 6.42 Å². The zero-order chi connectivity index (χ0) is 5.82. The molecular weight excluding hydrogens is 105 g/mol. The Morgan fingerprint density at radius 2 is 2.12 bits per heavy atom. The molecule has 2 heteroatoms. The summed E-state index contributed by atoms with van der Waals surface area (Å²) in [5.41, 5.74) is 0. The molecule has 0 aromatic heterocycles. The van der Waals surface area contributed by atoms with Crippen LogP contribution in [0.15, 0.2) is 0 Å². The third-order valence-corrected chi connectivity index (χ3v) is 1.50. The molecule has 0 amide bonds. The predicted octanol–water partition coefficient (Wildman–Crippen LogP) is 1.45. The molecule has 0 spiro atoms. The quantitative estimate of drug-likeness (QED) is 0.473. The van der Waals surface area contributed by atoms with Crippen molar-refractivity contribution in [3.8, 4) is 0 Å². The summed E-state index contributed by atoms with van der Waals surface area (Å²) in [7, 11) is 0. The van der Waals surface area contributed by atoms with Gasteiger partial charge >= 0.3 is 0 Å². The van der Waals surface area contributed by atoms with E-state index in [9.17, 15) is 4.39 Å². The van der Waals surface area contributed by atoms with Crippen molar-refractivity contribution in [3.05, 3.63) is 0 Å². The molecule has 48 valence electrons. The summed E-state index contributed by atoms with van der Waals surface area (Å²) in [6.07, 6.45) is 3.36. The van der Waals surface area contributed by atoms with Gasteiger partial charge in [0.1, 0.15) is 0 Å². The summed E-state index contributed by atoms with van der Waals surface area (Å²) in [6.45, 7) is 0.862. The first-order valence-corrected chi connectivity index (χ1v) is 3.27. The van der Waals surface area contributed by atoms with Crippen molar-refractivity contribution in [2.45, 2.75) is 32.0 Å².